The lowest BCUT2D eigenvalue weighted by molar-refractivity contribution is 0.521. The molecular formula is C17H27ClN2. The van der Waals surface area contributed by atoms with Gasteiger partial charge in [-0.3, -0.25) is 0 Å². The zero-order chi connectivity index (χ0) is 14.5. The summed E-state index contributed by atoms with van der Waals surface area (Å²) in [6.45, 7) is 9.82. The molecule has 3 heteroatoms. The van der Waals surface area contributed by atoms with Crippen molar-refractivity contribution < 1.29 is 0 Å². The summed E-state index contributed by atoms with van der Waals surface area (Å²) in [5.41, 5.74) is 2.46. The lowest BCUT2D eigenvalue weighted by Gasteiger charge is -2.24. The van der Waals surface area contributed by atoms with Gasteiger partial charge in [-0.25, -0.2) is 0 Å². The molecule has 1 aliphatic heterocycles. The molecule has 0 spiro atoms. The minimum Gasteiger partial charge on any atom is -0.370 e. The van der Waals surface area contributed by atoms with E-state index in [-0.39, 0.29) is 0 Å². The molecule has 0 bridgehead atoms. The molecule has 0 saturated carbocycles. The fraction of sp³-hybridized carbons (Fsp3) is 0.647. The predicted octanol–water partition coefficient (Wildman–Crippen LogP) is 4.46. The minimum absolute atomic E-state index is 0.501. The van der Waals surface area contributed by atoms with Gasteiger partial charge in [0.25, 0.3) is 0 Å². The zero-order valence-electron chi connectivity index (χ0n) is 13.0. The van der Waals surface area contributed by atoms with E-state index in [9.17, 15) is 0 Å². The summed E-state index contributed by atoms with van der Waals surface area (Å²) >= 11 is 6.50. The Bertz CT molecular complexity index is 431. The Morgan fingerprint density at radius 3 is 2.80 bits per heavy atom. The summed E-state index contributed by atoms with van der Waals surface area (Å²) in [6.07, 6.45) is 3.88. The standard InChI is InChI=1S/C17H27ClN2/c1-13(2)19-12-15-6-7-17(16(18)11-15)20-9-4-5-14(3)8-10-20/h6-7,11,13-14,19H,4-5,8-10,12H2,1-3H3. The van der Waals surface area contributed by atoms with Crippen LogP contribution >= 0.6 is 11.6 Å². The van der Waals surface area contributed by atoms with Gasteiger partial charge in [-0.05, 0) is 42.9 Å². The van der Waals surface area contributed by atoms with Gasteiger partial charge >= 0.3 is 0 Å². The SMILES string of the molecule is CC1CCCN(c2ccc(CNC(C)C)cc2Cl)CC1. The molecule has 1 unspecified atom stereocenters. The van der Waals surface area contributed by atoms with Crippen LogP contribution in [0.15, 0.2) is 18.2 Å². The fourth-order valence-corrected chi connectivity index (χ4v) is 3.07. The van der Waals surface area contributed by atoms with Crippen molar-refractivity contribution in [2.24, 2.45) is 5.92 Å². The van der Waals surface area contributed by atoms with E-state index < -0.39 is 0 Å². The summed E-state index contributed by atoms with van der Waals surface area (Å²) in [6, 6.07) is 7.00. The van der Waals surface area contributed by atoms with Gasteiger partial charge in [-0.15, -0.1) is 0 Å². The molecule has 1 heterocycles. The number of anilines is 1. The van der Waals surface area contributed by atoms with Crippen LogP contribution in [0.2, 0.25) is 5.02 Å². The van der Waals surface area contributed by atoms with Gasteiger partial charge in [0, 0.05) is 25.7 Å². The largest absolute Gasteiger partial charge is 0.370 e. The van der Waals surface area contributed by atoms with Crippen LogP contribution < -0.4 is 10.2 Å². The molecule has 0 aromatic heterocycles. The number of nitrogens with one attached hydrogen (secondary N) is 1. The molecular weight excluding hydrogens is 268 g/mol. The van der Waals surface area contributed by atoms with E-state index in [1.54, 1.807) is 0 Å². The number of hydrogen-bond acceptors (Lipinski definition) is 2. The van der Waals surface area contributed by atoms with Crippen molar-refractivity contribution in [1.82, 2.24) is 5.32 Å². The van der Waals surface area contributed by atoms with Crippen LogP contribution in [0.5, 0.6) is 0 Å². The first-order chi connectivity index (χ1) is 9.56. The number of halogens is 1. The molecule has 1 aliphatic rings. The normalized spacial score (nSPS) is 20.2. The molecule has 1 fully saturated rings. The Labute approximate surface area is 128 Å². The van der Waals surface area contributed by atoms with E-state index in [1.165, 1.54) is 30.5 Å². The van der Waals surface area contributed by atoms with Crippen LogP contribution in [-0.2, 0) is 6.54 Å². The third kappa shape index (κ3) is 4.39. The molecule has 1 atom stereocenters. The quantitative estimate of drug-likeness (QED) is 0.882. The first-order valence-corrected chi connectivity index (χ1v) is 8.21. The maximum Gasteiger partial charge on any atom is 0.0642 e. The van der Waals surface area contributed by atoms with Crippen molar-refractivity contribution >= 4 is 17.3 Å². The Hall–Kier alpha value is -0.730. The summed E-state index contributed by atoms with van der Waals surface area (Å²) in [5.74, 6) is 0.841. The second kappa shape index (κ2) is 7.33. The lowest BCUT2D eigenvalue weighted by atomic mass is 10.0. The van der Waals surface area contributed by atoms with Gasteiger partial charge in [0.15, 0.2) is 0 Å². The van der Waals surface area contributed by atoms with Gasteiger partial charge < -0.3 is 10.2 Å². The van der Waals surface area contributed by atoms with E-state index in [0.29, 0.717) is 6.04 Å². The number of benzene rings is 1. The maximum absolute atomic E-state index is 6.50. The van der Waals surface area contributed by atoms with Crippen molar-refractivity contribution in [1.29, 1.82) is 0 Å². The van der Waals surface area contributed by atoms with Crippen molar-refractivity contribution in [2.45, 2.75) is 52.6 Å². The van der Waals surface area contributed by atoms with E-state index in [1.807, 2.05) is 0 Å². The highest BCUT2D eigenvalue weighted by molar-refractivity contribution is 6.33. The fourth-order valence-electron chi connectivity index (χ4n) is 2.74. The predicted molar refractivity (Wildman–Crippen MR) is 88.7 cm³/mol. The van der Waals surface area contributed by atoms with Gasteiger partial charge in [0.1, 0.15) is 0 Å². The van der Waals surface area contributed by atoms with Gasteiger partial charge in [0.05, 0.1) is 10.7 Å². The van der Waals surface area contributed by atoms with Crippen LogP contribution in [0, 0.1) is 5.92 Å². The monoisotopic (exact) mass is 294 g/mol. The van der Waals surface area contributed by atoms with Crippen LogP contribution in [0.3, 0.4) is 0 Å². The van der Waals surface area contributed by atoms with Gasteiger partial charge in [0.2, 0.25) is 0 Å². The van der Waals surface area contributed by atoms with Gasteiger partial charge in [-0.2, -0.15) is 0 Å². The molecule has 1 aromatic carbocycles. The highest BCUT2D eigenvalue weighted by Crippen LogP contribution is 2.29. The number of rotatable bonds is 4. The average molecular weight is 295 g/mol. The lowest BCUT2D eigenvalue weighted by Crippen LogP contribution is -2.25. The summed E-state index contributed by atoms with van der Waals surface area (Å²) in [7, 11) is 0. The first kappa shape index (κ1) is 15.7. The Morgan fingerprint density at radius 2 is 2.10 bits per heavy atom. The molecule has 1 N–H and O–H groups in total. The van der Waals surface area contributed by atoms with E-state index in [2.05, 4.69) is 49.2 Å². The summed E-state index contributed by atoms with van der Waals surface area (Å²) in [5, 5.41) is 4.32. The third-order valence-corrected chi connectivity index (χ3v) is 4.39. The van der Waals surface area contributed by atoms with Crippen molar-refractivity contribution in [2.75, 3.05) is 18.0 Å². The summed E-state index contributed by atoms with van der Waals surface area (Å²) < 4.78 is 0. The molecule has 20 heavy (non-hydrogen) atoms. The molecule has 0 radical (unpaired) electrons. The molecule has 1 saturated heterocycles. The number of hydrogen-bond donors (Lipinski definition) is 1. The zero-order valence-corrected chi connectivity index (χ0v) is 13.7. The molecule has 0 amide bonds. The second-order valence-electron chi connectivity index (χ2n) is 6.34. The smallest absolute Gasteiger partial charge is 0.0642 e. The van der Waals surface area contributed by atoms with Crippen LogP contribution in [0.1, 0.15) is 45.6 Å². The van der Waals surface area contributed by atoms with Gasteiger partial charge in [-0.1, -0.05) is 38.4 Å². The van der Waals surface area contributed by atoms with E-state index in [0.717, 1.165) is 30.6 Å². The van der Waals surface area contributed by atoms with Crippen molar-refractivity contribution in [3.63, 3.8) is 0 Å². The highest BCUT2D eigenvalue weighted by atomic mass is 35.5. The highest BCUT2D eigenvalue weighted by Gasteiger charge is 2.16. The van der Waals surface area contributed by atoms with Crippen LogP contribution in [-0.4, -0.2) is 19.1 Å². The molecule has 1 aromatic rings. The van der Waals surface area contributed by atoms with E-state index in [4.69, 9.17) is 11.6 Å². The topological polar surface area (TPSA) is 15.3 Å². The van der Waals surface area contributed by atoms with E-state index >= 15 is 0 Å². The summed E-state index contributed by atoms with van der Waals surface area (Å²) in [4.78, 5) is 2.45. The van der Waals surface area contributed by atoms with Crippen LogP contribution in [0.25, 0.3) is 0 Å². The maximum atomic E-state index is 6.50. The van der Waals surface area contributed by atoms with Crippen molar-refractivity contribution in [3.8, 4) is 0 Å². The molecule has 112 valence electrons. The average Bonchev–Trinajstić information content (AvgIpc) is 2.61. The molecule has 2 rings (SSSR count). The van der Waals surface area contributed by atoms with Crippen molar-refractivity contribution in [3.05, 3.63) is 28.8 Å². The second-order valence-corrected chi connectivity index (χ2v) is 6.75. The first-order valence-electron chi connectivity index (χ1n) is 7.83. The molecule has 0 aliphatic carbocycles. The third-order valence-electron chi connectivity index (χ3n) is 4.08. The Morgan fingerprint density at radius 1 is 1.30 bits per heavy atom. The minimum atomic E-state index is 0.501. The Balaban J connectivity index is 2.05. The number of nitrogens with zero attached hydrogens (tertiary/aromatic N) is 1. The Kier molecular flexibility index (Phi) is 5.74. The molecule has 2 nitrogen and oxygen atoms in total. The van der Waals surface area contributed by atoms with Crippen LogP contribution in [0.4, 0.5) is 5.69 Å².